The molecule has 0 spiro atoms. The number of hydrogen-bond donors (Lipinski definition) is 0. The van der Waals surface area contributed by atoms with Crippen LogP contribution in [0, 0.1) is 29.1 Å². The summed E-state index contributed by atoms with van der Waals surface area (Å²) in [5.74, 6) is -1.12. The number of allylic oxidation sites excluding steroid dienone is 1. The molecule has 1 aromatic carbocycles. The third-order valence-electron chi connectivity index (χ3n) is 9.19. The SMILES string of the molecule is CC(=O)O[C@@H]1[C@@H]2[C@H]3O[C@]3(C)CC[C@H]3[C@@H](/C=C(\C)C(=O)[C@@]2(OC(=O)c2ccccc2)C[C@@H]1C)C3(C)C. The standard InChI is InChI=1S/C29H36O6/c1-16-14-21-20(27(21,4)5)12-13-28(6)25(34-28)22-23(33-18(3)30)17(2)15-29(22,24(16)31)35-26(32)19-10-8-7-9-11-19/h7-11,14,17,20-23,25H,12-13,15H2,1-6H3/b16-14+/t17-,20-,21+,22+,23-,25+,28+,29+/m0/s1. The van der Waals surface area contributed by atoms with Gasteiger partial charge in [0.25, 0.3) is 0 Å². The molecule has 4 aliphatic rings. The van der Waals surface area contributed by atoms with Crippen LogP contribution >= 0.6 is 0 Å². The van der Waals surface area contributed by atoms with Crippen molar-refractivity contribution in [1.82, 2.24) is 0 Å². The second kappa shape index (κ2) is 8.02. The fourth-order valence-electron chi connectivity index (χ4n) is 7.05. The summed E-state index contributed by atoms with van der Waals surface area (Å²) in [6, 6.07) is 8.73. The number of ether oxygens (including phenoxy) is 3. The van der Waals surface area contributed by atoms with Gasteiger partial charge in [-0.3, -0.25) is 9.59 Å². The Kier molecular flexibility index (Phi) is 5.55. The van der Waals surface area contributed by atoms with Gasteiger partial charge in [0.1, 0.15) is 6.10 Å². The van der Waals surface area contributed by atoms with Crippen molar-refractivity contribution in [3.63, 3.8) is 0 Å². The molecule has 0 aromatic heterocycles. The second-order valence-electron chi connectivity index (χ2n) is 11.9. The quantitative estimate of drug-likeness (QED) is 0.452. The van der Waals surface area contributed by atoms with Crippen LogP contribution < -0.4 is 0 Å². The number of carbonyl (C=O) groups is 3. The fourth-order valence-corrected chi connectivity index (χ4v) is 7.05. The second-order valence-corrected chi connectivity index (χ2v) is 11.9. The van der Waals surface area contributed by atoms with E-state index in [2.05, 4.69) is 26.8 Å². The Morgan fingerprint density at radius 2 is 1.80 bits per heavy atom. The molecule has 1 heterocycles. The average molecular weight is 481 g/mol. The zero-order chi connectivity index (χ0) is 25.3. The summed E-state index contributed by atoms with van der Waals surface area (Å²) in [6.45, 7) is 11.7. The smallest absolute Gasteiger partial charge is 0.339 e. The van der Waals surface area contributed by atoms with Crippen molar-refractivity contribution < 1.29 is 28.6 Å². The maximum atomic E-state index is 14.3. The molecule has 0 radical (unpaired) electrons. The van der Waals surface area contributed by atoms with Crippen LogP contribution in [-0.4, -0.2) is 41.1 Å². The van der Waals surface area contributed by atoms with E-state index in [0.717, 1.165) is 12.8 Å². The van der Waals surface area contributed by atoms with Gasteiger partial charge < -0.3 is 14.2 Å². The molecule has 8 atom stereocenters. The zero-order valence-electron chi connectivity index (χ0n) is 21.5. The third-order valence-corrected chi connectivity index (χ3v) is 9.19. The number of hydrogen-bond acceptors (Lipinski definition) is 6. The Balaban J connectivity index is 1.62. The minimum absolute atomic E-state index is 0.123. The van der Waals surface area contributed by atoms with Crippen LogP contribution in [0.25, 0.3) is 0 Å². The lowest BCUT2D eigenvalue weighted by atomic mass is 9.77. The van der Waals surface area contributed by atoms with Gasteiger partial charge in [-0.05, 0) is 67.6 Å². The average Bonchev–Trinajstić information content (AvgIpc) is 3.57. The maximum Gasteiger partial charge on any atom is 0.339 e. The van der Waals surface area contributed by atoms with Crippen molar-refractivity contribution in [2.24, 2.45) is 29.1 Å². The lowest BCUT2D eigenvalue weighted by molar-refractivity contribution is -0.156. The molecule has 0 N–H and O–H groups in total. The zero-order valence-corrected chi connectivity index (χ0v) is 21.5. The molecule has 0 amide bonds. The van der Waals surface area contributed by atoms with Crippen molar-refractivity contribution in [2.75, 3.05) is 0 Å². The highest BCUT2D eigenvalue weighted by atomic mass is 16.6. The Hall–Kier alpha value is -2.47. The van der Waals surface area contributed by atoms with Crippen LogP contribution in [-0.2, 0) is 23.8 Å². The number of fused-ring (bicyclic) bond motifs is 4. The van der Waals surface area contributed by atoms with Crippen molar-refractivity contribution in [2.45, 2.75) is 84.2 Å². The van der Waals surface area contributed by atoms with Gasteiger partial charge in [-0.2, -0.15) is 0 Å². The highest BCUT2D eigenvalue weighted by molar-refractivity contribution is 6.04. The molecular formula is C29H36O6. The topological polar surface area (TPSA) is 82.2 Å². The third kappa shape index (κ3) is 3.85. The van der Waals surface area contributed by atoms with Gasteiger partial charge in [-0.1, -0.05) is 45.0 Å². The van der Waals surface area contributed by atoms with E-state index < -0.39 is 35.2 Å². The maximum absolute atomic E-state index is 14.3. The number of benzene rings is 1. The highest BCUT2D eigenvalue weighted by Gasteiger charge is 2.72. The Morgan fingerprint density at radius 1 is 1.11 bits per heavy atom. The lowest BCUT2D eigenvalue weighted by Gasteiger charge is -2.35. The van der Waals surface area contributed by atoms with E-state index in [-0.39, 0.29) is 29.6 Å². The highest BCUT2D eigenvalue weighted by Crippen LogP contribution is 2.65. The first-order chi connectivity index (χ1) is 16.4. The number of rotatable bonds is 3. The molecule has 35 heavy (non-hydrogen) atoms. The molecule has 0 bridgehead atoms. The van der Waals surface area contributed by atoms with E-state index in [9.17, 15) is 14.4 Å². The van der Waals surface area contributed by atoms with Gasteiger partial charge in [-0.15, -0.1) is 0 Å². The van der Waals surface area contributed by atoms with E-state index in [1.807, 2.05) is 19.9 Å². The molecule has 1 aliphatic heterocycles. The minimum atomic E-state index is -1.46. The Labute approximate surface area is 207 Å². The predicted molar refractivity (Wildman–Crippen MR) is 129 cm³/mol. The van der Waals surface area contributed by atoms with Gasteiger partial charge >= 0.3 is 11.9 Å². The summed E-state index contributed by atoms with van der Waals surface area (Å²) >= 11 is 0. The van der Waals surface area contributed by atoms with E-state index in [1.165, 1.54) is 6.92 Å². The number of epoxide rings is 1. The minimum Gasteiger partial charge on any atom is -0.462 e. The van der Waals surface area contributed by atoms with Gasteiger partial charge in [0.05, 0.1) is 23.2 Å². The first kappa shape index (κ1) is 24.2. The Morgan fingerprint density at radius 3 is 2.46 bits per heavy atom. The van der Waals surface area contributed by atoms with Crippen molar-refractivity contribution >= 4 is 17.7 Å². The molecule has 188 valence electrons. The molecule has 3 aliphatic carbocycles. The molecule has 2 saturated carbocycles. The van der Waals surface area contributed by atoms with Crippen LogP contribution in [0.2, 0.25) is 0 Å². The monoisotopic (exact) mass is 480 g/mol. The van der Waals surface area contributed by atoms with E-state index in [4.69, 9.17) is 14.2 Å². The Bertz CT molecular complexity index is 1090. The van der Waals surface area contributed by atoms with Gasteiger partial charge in [0, 0.05) is 13.3 Å². The fraction of sp³-hybridized carbons (Fsp3) is 0.621. The van der Waals surface area contributed by atoms with Crippen LogP contribution in [0.5, 0.6) is 0 Å². The van der Waals surface area contributed by atoms with Gasteiger partial charge in [0.15, 0.2) is 5.60 Å². The molecular weight excluding hydrogens is 444 g/mol. The van der Waals surface area contributed by atoms with Gasteiger partial charge in [-0.25, -0.2) is 4.79 Å². The van der Waals surface area contributed by atoms with E-state index in [1.54, 1.807) is 24.3 Å². The molecule has 1 aromatic rings. The largest absolute Gasteiger partial charge is 0.462 e. The van der Waals surface area contributed by atoms with Crippen molar-refractivity contribution in [3.05, 3.63) is 47.5 Å². The predicted octanol–water partition coefficient (Wildman–Crippen LogP) is 4.91. The lowest BCUT2D eigenvalue weighted by Crippen LogP contribution is -2.52. The summed E-state index contributed by atoms with van der Waals surface area (Å²) in [6.07, 6.45) is 3.31. The van der Waals surface area contributed by atoms with E-state index >= 15 is 0 Å². The molecule has 6 nitrogen and oxygen atoms in total. The first-order valence-electron chi connectivity index (χ1n) is 12.8. The molecule has 6 heteroatoms. The van der Waals surface area contributed by atoms with Crippen LogP contribution in [0.3, 0.4) is 0 Å². The number of carbonyl (C=O) groups excluding carboxylic acids is 3. The first-order valence-corrected chi connectivity index (χ1v) is 12.8. The molecule has 5 rings (SSSR count). The normalized spacial score (nSPS) is 42.8. The van der Waals surface area contributed by atoms with E-state index in [0.29, 0.717) is 23.0 Å². The molecule has 0 unspecified atom stereocenters. The molecule has 1 saturated heterocycles. The van der Waals surface area contributed by atoms with Crippen LogP contribution in [0.1, 0.15) is 71.2 Å². The van der Waals surface area contributed by atoms with Crippen molar-refractivity contribution in [3.8, 4) is 0 Å². The summed E-state index contributed by atoms with van der Waals surface area (Å²) in [5.41, 5.74) is -0.793. The van der Waals surface area contributed by atoms with Crippen LogP contribution in [0.15, 0.2) is 42.0 Å². The van der Waals surface area contributed by atoms with Gasteiger partial charge in [0.2, 0.25) is 5.78 Å². The van der Waals surface area contributed by atoms with Crippen molar-refractivity contribution in [1.29, 1.82) is 0 Å². The number of Topliss-reactive ketones (excluding diaryl/α,β-unsaturated/α-hetero) is 1. The summed E-state index contributed by atoms with van der Waals surface area (Å²) < 4.78 is 18.4. The number of esters is 2. The summed E-state index contributed by atoms with van der Waals surface area (Å²) in [5, 5.41) is 0. The summed E-state index contributed by atoms with van der Waals surface area (Å²) in [4.78, 5) is 39.8. The number of ketones is 1. The summed E-state index contributed by atoms with van der Waals surface area (Å²) in [7, 11) is 0. The van der Waals surface area contributed by atoms with Crippen LogP contribution in [0.4, 0.5) is 0 Å². The molecule has 3 fully saturated rings.